The van der Waals surface area contributed by atoms with Gasteiger partial charge in [-0.25, -0.2) is 0 Å². The molecule has 0 amide bonds. The molecule has 5 atom stereocenters. The zero-order valence-corrected chi connectivity index (χ0v) is 14.2. The largest absolute Gasteiger partial charge is 0.457 e. The first kappa shape index (κ1) is 16.1. The molecule has 0 N–H and O–H groups in total. The second kappa shape index (κ2) is 5.83. The zero-order valence-electron chi connectivity index (χ0n) is 14.2. The van der Waals surface area contributed by atoms with Gasteiger partial charge in [-0.3, -0.25) is 4.79 Å². The zero-order chi connectivity index (χ0) is 16.8. The van der Waals surface area contributed by atoms with E-state index in [2.05, 4.69) is 0 Å². The molecule has 0 aliphatic carbocycles. The number of rotatable bonds is 1. The summed E-state index contributed by atoms with van der Waals surface area (Å²) >= 11 is 0. The van der Waals surface area contributed by atoms with Gasteiger partial charge in [0.1, 0.15) is 11.2 Å². The molecule has 3 saturated heterocycles. The maximum absolute atomic E-state index is 11.7. The predicted octanol–water partition coefficient (Wildman–Crippen LogP) is 3.13. The van der Waals surface area contributed by atoms with Gasteiger partial charge in [0.2, 0.25) is 0 Å². The Morgan fingerprint density at radius 1 is 1.04 bits per heavy atom. The van der Waals surface area contributed by atoms with Crippen LogP contribution in [0.5, 0.6) is 0 Å². The first-order chi connectivity index (χ1) is 11.5. The summed E-state index contributed by atoms with van der Waals surface area (Å²) < 4.78 is 24.3. The van der Waals surface area contributed by atoms with Crippen molar-refractivity contribution in [2.45, 2.75) is 69.2 Å². The smallest absolute Gasteiger partial charge is 0.306 e. The van der Waals surface area contributed by atoms with Crippen molar-refractivity contribution in [2.24, 2.45) is 0 Å². The lowest BCUT2D eigenvalue weighted by atomic mass is 9.87. The normalized spacial score (nSPS) is 42.4. The van der Waals surface area contributed by atoms with Gasteiger partial charge in [0, 0.05) is 12.0 Å². The number of benzene rings is 1. The molecule has 5 heteroatoms. The van der Waals surface area contributed by atoms with Crippen LogP contribution in [-0.4, -0.2) is 36.0 Å². The summed E-state index contributed by atoms with van der Waals surface area (Å²) in [6, 6.07) is 9.95. The van der Waals surface area contributed by atoms with E-state index < -0.39 is 11.2 Å². The Hall–Kier alpha value is -1.43. The van der Waals surface area contributed by atoms with Crippen LogP contribution in [0.25, 0.3) is 0 Å². The second-order valence-electron chi connectivity index (χ2n) is 7.46. The lowest BCUT2D eigenvalue weighted by Crippen LogP contribution is -2.55. The summed E-state index contributed by atoms with van der Waals surface area (Å²) in [6.07, 6.45) is 2.07. The molecule has 1 aromatic rings. The second-order valence-corrected chi connectivity index (χ2v) is 7.46. The van der Waals surface area contributed by atoms with Gasteiger partial charge in [-0.2, -0.15) is 0 Å². The van der Waals surface area contributed by atoms with Gasteiger partial charge in [0.05, 0.1) is 18.8 Å². The molecule has 0 spiro atoms. The summed E-state index contributed by atoms with van der Waals surface area (Å²) in [7, 11) is 0. The molecule has 0 aromatic heterocycles. The molecule has 0 saturated carbocycles. The number of hydrogen-bond acceptors (Lipinski definition) is 5. The molecule has 130 valence electrons. The summed E-state index contributed by atoms with van der Waals surface area (Å²) in [5.41, 5.74) is -0.0718. The highest BCUT2D eigenvalue weighted by molar-refractivity contribution is 5.71. The number of ether oxygens (including phenoxy) is 4. The highest BCUT2D eigenvalue weighted by Crippen LogP contribution is 2.44. The van der Waals surface area contributed by atoms with Crippen LogP contribution in [0.4, 0.5) is 0 Å². The van der Waals surface area contributed by atoms with Gasteiger partial charge < -0.3 is 18.9 Å². The van der Waals surface area contributed by atoms with Crippen molar-refractivity contribution >= 4 is 5.97 Å². The summed E-state index contributed by atoms with van der Waals surface area (Å²) in [5.74, 6) is -0.133. The highest BCUT2D eigenvalue weighted by atomic mass is 16.7. The third kappa shape index (κ3) is 2.75. The Labute approximate surface area is 142 Å². The first-order valence-corrected chi connectivity index (χ1v) is 8.70. The molecule has 4 rings (SSSR count). The molecule has 0 unspecified atom stereocenters. The monoisotopic (exact) mass is 332 g/mol. The van der Waals surface area contributed by atoms with Crippen molar-refractivity contribution in [3.63, 3.8) is 0 Å². The van der Waals surface area contributed by atoms with Crippen molar-refractivity contribution in [3.05, 3.63) is 35.9 Å². The maximum atomic E-state index is 11.7. The van der Waals surface area contributed by atoms with Gasteiger partial charge >= 0.3 is 5.97 Å². The topological polar surface area (TPSA) is 54.0 Å². The molecule has 3 aliphatic heterocycles. The van der Waals surface area contributed by atoms with Crippen molar-refractivity contribution in [1.82, 2.24) is 0 Å². The number of carbonyl (C=O) groups excluding carboxylic acids is 1. The van der Waals surface area contributed by atoms with E-state index >= 15 is 0 Å². The first-order valence-electron chi connectivity index (χ1n) is 8.70. The molecular weight excluding hydrogens is 308 g/mol. The molecule has 3 aliphatic rings. The van der Waals surface area contributed by atoms with Crippen LogP contribution in [0.2, 0.25) is 0 Å². The fraction of sp³-hybridized carbons (Fsp3) is 0.632. The molecule has 24 heavy (non-hydrogen) atoms. The highest BCUT2D eigenvalue weighted by Gasteiger charge is 2.54. The minimum absolute atomic E-state index is 0.0856. The SMILES string of the molecule is C[C@@]12CC[C@@H]3O[C@H](c4ccccc4)OC[C@@]3(C)O[C@H]1CCC(=O)O2. The summed E-state index contributed by atoms with van der Waals surface area (Å²) in [6.45, 7) is 4.49. The van der Waals surface area contributed by atoms with Crippen LogP contribution in [0.3, 0.4) is 0 Å². The third-order valence-electron chi connectivity index (χ3n) is 5.52. The van der Waals surface area contributed by atoms with E-state index in [0.29, 0.717) is 19.4 Å². The van der Waals surface area contributed by atoms with Crippen LogP contribution >= 0.6 is 0 Å². The van der Waals surface area contributed by atoms with Gasteiger partial charge in [-0.15, -0.1) is 0 Å². The molecule has 3 heterocycles. The Bertz CT molecular complexity index is 617. The van der Waals surface area contributed by atoms with Crippen LogP contribution in [0, 0.1) is 0 Å². The molecule has 1 aromatic carbocycles. The average molecular weight is 332 g/mol. The lowest BCUT2D eigenvalue weighted by molar-refractivity contribution is -0.310. The quantitative estimate of drug-likeness (QED) is 0.740. The molecule has 5 nitrogen and oxygen atoms in total. The van der Waals surface area contributed by atoms with Crippen molar-refractivity contribution in [3.8, 4) is 0 Å². The van der Waals surface area contributed by atoms with Gasteiger partial charge in [-0.1, -0.05) is 30.3 Å². The Morgan fingerprint density at radius 2 is 1.83 bits per heavy atom. The maximum Gasteiger partial charge on any atom is 0.306 e. The minimum atomic E-state index is -0.568. The predicted molar refractivity (Wildman–Crippen MR) is 86.3 cm³/mol. The molecular formula is C19H24O5. The van der Waals surface area contributed by atoms with Crippen LogP contribution in [0.1, 0.15) is 51.4 Å². The Morgan fingerprint density at radius 3 is 2.62 bits per heavy atom. The molecule has 3 fully saturated rings. The number of esters is 1. The fourth-order valence-corrected chi connectivity index (χ4v) is 4.00. The van der Waals surface area contributed by atoms with E-state index in [4.69, 9.17) is 18.9 Å². The number of fused-ring (bicyclic) bond motifs is 2. The standard InChI is InChI=1S/C19H24O5/c1-18-11-10-14-19(2,23-15(18)8-9-16(20)24-18)12-21-17(22-14)13-6-4-3-5-7-13/h3-7,14-15,17H,8-12H2,1-2H3/t14-,15-,17+,18+,19+/m0/s1. The van der Waals surface area contributed by atoms with Crippen molar-refractivity contribution in [1.29, 1.82) is 0 Å². The lowest BCUT2D eigenvalue weighted by Gasteiger charge is -2.45. The van der Waals surface area contributed by atoms with Gasteiger partial charge in [0.15, 0.2) is 6.29 Å². The summed E-state index contributed by atoms with van der Waals surface area (Å²) in [5, 5.41) is 0. The van der Waals surface area contributed by atoms with Crippen LogP contribution in [-0.2, 0) is 23.7 Å². The Balaban J connectivity index is 1.55. The molecule has 0 bridgehead atoms. The van der Waals surface area contributed by atoms with E-state index in [1.807, 2.05) is 44.2 Å². The van der Waals surface area contributed by atoms with Crippen LogP contribution in [0.15, 0.2) is 30.3 Å². The van der Waals surface area contributed by atoms with E-state index in [0.717, 1.165) is 18.4 Å². The van der Waals surface area contributed by atoms with E-state index in [9.17, 15) is 4.79 Å². The van der Waals surface area contributed by atoms with Crippen molar-refractivity contribution in [2.75, 3.05) is 6.61 Å². The van der Waals surface area contributed by atoms with Crippen LogP contribution < -0.4 is 0 Å². The minimum Gasteiger partial charge on any atom is -0.457 e. The van der Waals surface area contributed by atoms with E-state index in [-0.39, 0.29) is 24.5 Å². The van der Waals surface area contributed by atoms with Gasteiger partial charge in [0.25, 0.3) is 0 Å². The van der Waals surface area contributed by atoms with Crippen molar-refractivity contribution < 1.29 is 23.7 Å². The summed E-state index contributed by atoms with van der Waals surface area (Å²) in [4.78, 5) is 11.7. The number of hydrogen-bond donors (Lipinski definition) is 0. The third-order valence-corrected chi connectivity index (χ3v) is 5.52. The fourth-order valence-electron chi connectivity index (χ4n) is 4.00. The Kier molecular flexibility index (Phi) is 3.90. The molecule has 0 radical (unpaired) electrons. The van der Waals surface area contributed by atoms with E-state index in [1.54, 1.807) is 0 Å². The van der Waals surface area contributed by atoms with E-state index in [1.165, 1.54) is 0 Å². The van der Waals surface area contributed by atoms with Gasteiger partial charge in [-0.05, 0) is 33.1 Å². The average Bonchev–Trinajstić information content (AvgIpc) is 2.68. The number of carbonyl (C=O) groups is 1.